The summed E-state index contributed by atoms with van der Waals surface area (Å²) in [6.45, 7) is 2.50. The third-order valence-corrected chi connectivity index (χ3v) is 4.72. The Morgan fingerprint density at radius 3 is 2.53 bits per heavy atom. The Hall–Kier alpha value is -0.700. The number of nitrogens with zero attached hydrogens (tertiary/aromatic N) is 2. The van der Waals surface area contributed by atoms with Gasteiger partial charge in [-0.1, -0.05) is 0 Å². The van der Waals surface area contributed by atoms with Crippen LogP contribution in [0.3, 0.4) is 0 Å². The van der Waals surface area contributed by atoms with E-state index in [0.29, 0.717) is 26.2 Å². The van der Waals surface area contributed by atoms with Crippen molar-refractivity contribution in [3.63, 3.8) is 0 Å². The molecule has 0 aliphatic carbocycles. The van der Waals surface area contributed by atoms with Gasteiger partial charge in [0, 0.05) is 53.2 Å². The number of nitrogens with one attached hydrogen (secondary N) is 2. The summed E-state index contributed by atoms with van der Waals surface area (Å²) >= 11 is 0. The van der Waals surface area contributed by atoms with E-state index in [1.165, 1.54) is 22.7 Å². The van der Waals surface area contributed by atoms with Crippen LogP contribution in [0, 0.1) is 0 Å². The van der Waals surface area contributed by atoms with Crippen LogP contribution in [-0.2, 0) is 15.0 Å². The van der Waals surface area contributed by atoms with Gasteiger partial charge in [0.15, 0.2) is 0 Å². The van der Waals surface area contributed by atoms with Crippen LogP contribution < -0.4 is 10.6 Å². The minimum Gasteiger partial charge on any atom is -0.359 e. The molecule has 1 saturated heterocycles. The Bertz CT molecular complexity index is 351. The maximum absolute atomic E-state index is 12.1. The molecule has 0 unspecified atom stereocenters. The highest BCUT2D eigenvalue weighted by atomic mass is 32.2. The Morgan fingerprint density at radius 2 is 2.00 bits per heavy atom. The van der Waals surface area contributed by atoms with Crippen molar-refractivity contribution in [3.05, 3.63) is 0 Å². The molecule has 0 aromatic carbocycles. The molecular weight excluding hydrogens is 244 g/mol. The van der Waals surface area contributed by atoms with Crippen LogP contribution in [0.1, 0.15) is 6.42 Å². The summed E-state index contributed by atoms with van der Waals surface area (Å²) in [5.41, 5.74) is 0. The van der Waals surface area contributed by atoms with Gasteiger partial charge < -0.3 is 10.6 Å². The molecule has 1 fully saturated rings. The lowest BCUT2D eigenvalue weighted by Gasteiger charge is -2.30. The van der Waals surface area contributed by atoms with E-state index in [9.17, 15) is 13.2 Å². The minimum atomic E-state index is -3.42. The van der Waals surface area contributed by atoms with Crippen LogP contribution in [0.5, 0.6) is 0 Å². The summed E-state index contributed by atoms with van der Waals surface area (Å²) in [6.07, 6.45) is 0.179. The predicted molar refractivity (Wildman–Crippen MR) is 64.7 cm³/mol. The molecule has 0 radical (unpaired) electrons. The van der Waals surface area contributed by atoms with Crippen molar-refractivity contribution in [2.24, 2.45) is 0 Å². The molecule has 1 amide bonds. The van der Waals surface area contributed by atoms with Gasteiger partial charge in [-0.25, -0.2) is 0 Å². The monoisotopic (exact) mass is 264 g/mol. The fourth-order valence-corrected chi connectivity index (χ4v) is 2.93. The fraction of sp³-hybridized carbons (Fsp3) is 0.889. The molecule has 0 bridgehead atoms. The van der Waals surface area contributed by atoms with Crippen LogP contribution in [0.4, 0.5) is 0 Å². The van der Waals surface area contributed by atoms with Gasteiger partial charge in [0.2, 0.25) is 5.91 Å². The first-order chi connectivity index (χ1) is 7.98. The van der Waals surface area contributed by atoms with Gasteiger partial charge in [0.1, 0.15) is 0 Å². The van der Waals surface area contributed by atoms with Gasteiger partial charge in [0.25, 0.3) is 10.2 Å². The van der Waals surface area contributed by atoms with Gasteiger partial charge in [-0.3, -0.25) is 4.79 Å². The van der Waals surface area contributed by atoms with Crippen molar-refractivity contribution in [3.8, 4) is 0 Å². The van der Waals surface area contributed by atoms with E-state index < -0.39 is 10.2 Å². The van der Waals surface area contributed by atoms with E-state index in [-0.39, 0.29) is 18.9 Å². The maximum atomic E-state index is 12.1. The van der Waals surface area contributed by atoms with E-state index in [0.717, 1.165) is 0 Å². The maximum Gasteiger partial charge on any atom is 0.281 e. The molecule has 7 nitrogen and oxygen atoms in total. The molecule has 0 saturated carbocycles. The lowest BCUT2D eigenvalue weighted by Crippen LogP contribution is -2.51. The zero-order chi connectivity index (χ0) is 12.9. The first-order valence-electron chi connectivity index (χ1n) is 5.61. The van der Waals surface area contributed by atoms with Crippen molar-refractivity contribution in [2.75, 3.05) is 46.8 Å². The summed E-state index contributed by atoms with van der Waals surface area (Å²) in [7, 11) is -0.384. The third-order valence-electron chi connectivity index (χ3n) is 2.73. The average Bonchev–Trinajstić information content (AvgIpc) is 2.36. The molecule has 17 heavy (non-hydrogen) atoms. The molecule has 0 atom stereocenters. The molecule has 2 N–H and O–H groups in total. The van der Waals surface area contributed by atoms with E-state index >= 15 is 0 Å². The van der Waals surface area contributed by atoms with Gasteiger partial charge in [0.05, 0.1) is 0 Å². The molecule has 8 heteroatoms. The third kappa shape index (κ3) is 3.91. The topological polar surface area (TPSA) is 81.8 Å². The number of hydrogen-bond acceptors (Lipinski definition) is 4. The van der Waals surface area contributed by atoms with E-state index in [4.69, 9.17) is 0 Å². The second-order valence-electron chi connectivity index (χ2n) is 3.90. The zero-order valence-corrected chi connectivity index (χ0v) is 11.1. The van der Waals surface area contributed by atoms with Gasteiger partial charge in [-0.15, -0.1) is 0 Å². The first-order valence-corrected chi connectivity index (χ1v) is 7.01. The Kier molecular flexibility index (Phi) is 5.31. The largest absolute Gasteiger partial charge is 0.359 e. The number of piperazine rings is 1. The molecule has 1 aliphatic rings. The highest BCUT2D eigenvalue weighted by Crippen LogP contribution is 2.07. The number of carbonyl (C=O) groups is 1. The van der Waals surface area contributed by atoms with Gasteiger partial charge in [-0.05, 0) is 0 Å². The highest BCUT2D eigenvalue weighted by molar-refractivity contribution is 7.86. The normalized spacial score (nSPS) is 18.3. The first kappa shape index (κ1) is 14.4. The SMILES string of the molecule is CNC(=O)CCN(C)S(=O)(=O)N1CCNCC1. The minimum absolute atomic E-state index is 0.160. The molecule has 0 spiro atoms. The number of rotatable bonds is 5. The van der Waals surface area contributed by atoms with Crippen LogP contribution in [0.25, 0.3) is 0 Å². The summed E-state index contributed by atoms with van der Waals surface area (Å²) in [6, 6.07) is 0. The lowest BCUT2D eigenvalue weighted by atomic mass is 10.4. The highest BCUT2D eigenvalue weighted by Gasteiger charge is 2.27. The van der Waals surface area contributed by atoms with Crippen molar-refractivity contribution < 1.29 is 13.2 Å². The smallest absolute Gasteiger partial charge is 0.281 e. The Labute approximate surface area is 102 Å². The molecule has 0 aromatic heterocycles. The summed E-state index contributed by atoms with van der Waals surface area (Å²) < 4.78 is 26.8. The number of hydrogen-bond donors (Lipinski definition) is 2. The van der Waals surface area contributed by atoms with Crippen LogP contribution in [0.2, 0.25) is 0 Å². The molecular formula is C9H20N4O3S. The summed E-state index contributed by atoms with van der Waals surface area (Å²) in [4.78, 5) is 11.1. The van der Waals surface area contributed by atoms with E-state index in [2.05, 4.69) is 10.6 Å². The molecule has 1 aliphatic heterocycles. The lowest BCUT2D eigenvalue weighted by molar-refractivity contribution is -0.120. The summed E-state index contributed by atoms with van der Waals surface area (Å²) in [5.74, 6) is -0.160. The molecule has 100 valence electrons. The standard InChI is InChI=1S/C9H20N4O3S/c1-10-9(14)3-6-12(2)17(15,16)13-7-4-11-5-8-13/h11H,3-8H2,1-2H3,(H,10,14). The van der Waals surface area contributed by atoms with Crippen LogP contribution in [0.15, 0.2) is 0 Å². The number of amides is 1. The van der Waals surface area contributed by atoms with Crippen LogP contribution in [-0.4, -0.2) is 69.8 Å². The van der Waals surface area contributed by atoms with Crippen molar-refractivity contribution in [1.29, 1.82) is 0 Å². The predicted octanol–water partition coefficient (Wildman–Crippen LogP) is -1.80. The zero-order valence-electron chi connectivity index (χ0n) is 10.3. The van der Waals surface area contributed by atoms with Gasteiger partial charge >= 0.3 is 0 Å². The van der Waals surface area contributed by atoms with Crippen LogP contribution >= 0.6 is 0 Å². The number of carbonyl (C=O) groups excluding carboxylic acids is 1. The molecule has 0 aromatic rings. The van der Waals surface area contributed by atoms with Crippen molar-refractivity contribution in [1.82, 2.24) is 19.2 Å². The van der Waals surface area contributed by atoms with E-state index in [1.807, 2.05) is 0 Å². The Balaban J connectivity index is 2.53. The Morgan fingerprint density at radius 1 is 1.41 bits per heavy atom. The average molecular weight is 264 g/mol. The van der Waals surface area contributed by atoms with Crippen molar-refractivity contribution in [2.45, 2.75) is 6.42 Å². The fourth-order valence-electron chi connectivity index (χ4n) is 1.57. The van der Waals surface area contributed by atoms with Crippen molar-refractivity contribution >= 4 is 16.1 Å². The second kappa shape index (κ2) is 6.29. The van der Waals surface area contributed by atoms with E-state index in [1.54, 1.807) is 0 Å². The van der Waals surface area contributed by atoms with Gasteiger partial charge in [-0.2, -0.15) is 17.0 Å². The summed E-state index contributed by atoms with van der Waals surface area (Å²) in [5, 5.41) is 5.56. The molecule has 1 heterocycles. The molecule has 1 rings (SSSR count). The second-order valence-corrected chi connectivity index (χ2v) is 5.94. The quantitative estimate of drug-likeness (QED) is 0.614.